The number of nitrogens with zero attached hydrogens (tertiary/aromatic N) is 2. The van der Waals surface area contributed by atoms with Crippen LogP contribution in [0.1, 0.15) is 11.1 Å². The molecule has 11 heavy (non-hydrogen) atoms. The van der Waals surface area contributed by atoms with E-state index in [1.54, 1.807) is 12.3 Å². The highest BCUT2D eigenvalue weighted by molar-refractivity contribution is 5.40. The zero-order chi connectivity index (χ0) is 8.27. The van der Waals surface area contributed by atoms with E-state index < -0.39 is 0 Å². The largest absolute Gasteiger partial charge is 0.481 e. The summed E-state index contributed by atoms with van der Waals surface area (Å²) in [5, 5.41) is 8.61. The predicted molar refractivity (Wildman–Crippen MR) is 40.2 cm³/mol. The van der Waals surface area contributed by atoms with Crippen molar-refractivity contribution in [3.8, 4) is 11.9 Å². The molecular formula is C8H8N2O. The molecule has 1 aromatic rings. The number of hydrogen-bond acceptors (Lipinski definition) is 3. The summed E-state index contributed by atoms with van der Waals surface area (Å²) in [4.78, 5) is 3.93. The normalized spacial score (nSPS) is 8.82. The maximum Gasteiger partial charge on any atom is 0.217 e. The van der Waals surface area contributed by atoms with Gasteiger partial charge in [0.25, 0.3) is 0 Å². The third-order valence-corrected chi connectivity index (χ3v) is 1.47. The Labute approximate surface area is 65.3 Å². The molecule has 0 N–H and O–H groups in total. The van der Waals surface area contributed by atoms with Crippen molar-refractivity contribution in [1.82, 2.24) is 4.98 Å². The molecule has 1 heterocycles. The van der Waals surface area contributed by atoms with Crippen molar-refractivity contribution < 1.29 is 4.74 Å². The Bertz CT molecular complexity index is 301. The zero-order valence-corrected chi connectivity index (χ0v) is 6.46. The van der Waals surface area contributed by atoms with E-state index in [9.17, 15) is 0 Å². The maximum absolute atomic E-state index is 8.61. The van der Waals surface area contributed by atoms with Crippen LogP contribution < -0.4 is 4.74 Å². The minimum absolute atomic E-state index is 0.518. The van der Waals surface area contributed by atoms with Crippen LogP contribution in [0.3, 0.4) is 0 Å². The first-order valence-corrected chi connectivity index (χ1v) is 3.19. The first kappa shape index (κ1) is 7.55. The average molecular weight is 148 g/mol. The SMILES string of the molecule is COc1nccc(C#N)c1C. The Balaban J connectivity index is 3.23. The van der Waals surface area contributed by atoms with Gasteiger partial charge in [0, 0.05) is 11.8 Å². The maximum atomic E-state index is 8.61. The molecular weight excluding hydrogens is 140 g/mol. The number of ether oxygens (including phenoxy) is 1. The fourth-order valence-electron chi connectivity index (χ4n) is 0.843. The molecule has 0 aliphatic heterocycles. The van der Waals surface area contributed by atoms with E-state index in [4.69, 9.17) is 10.00 Å². The molecule has 0 spiro atoms. The molecule has 0 fully saturated rings. The van der Waals surface area contributed by atoms with Gasteiger partial charge < -0.3 is 4.74 Å². The Morgan fingerprint density at radius 1 is 1.64 bits per heavy atom. The number of methoxy groups -OCH3 is 1. The molecule has 56 valence electrons. The topological polar surface area (TPSA) is 45.9 Å². The lowest BCUT2D eigenvalue weighted by molar-refractivity contribution is 0.394. The summed E-state index contributed by atoms with van der Waals surface area (Å²) in [6, 6.07) is 3.71. The molecule has 0 saturated carbocycles. The van der Waals surface area contributed by atoms with Gasteiger partial charge in [0.2, 0.25) is 5.88 Å². The van der Waals surface area contributed by atoms with Gasteiger partial charge in [-0.2, -0.15) is 5.26 Å². The number of rotatable bonds is 1. The van der Waals surface area contributed by atoms with Gasteiger partial charge in [-0.3, -0.25) is 0 Å². The number of pyridine rings is 1. The molecule has 0 aromatic carbocycles. The van der Waals surface area contributed by atoms with Crippen molar-refractivity contribution in [2.45, 2.75) is 6.92 Å². The van der Waals surface area contributed by atoms with Crippen LogP contribution in [0.15, 0.2) is 12.3 Å². The van der Waals surface area contributed by atoms with Gasteiger partial charge >= 0.3 is 0 Å². The molecule has 0 atom stereocenters. The molecule has 3 heteroatoms. The van der Waals surface area contributed by atoms with Crippen molar-refractivity contribution in [2.24, 2.45) is 0 Å². The first-order chi connectivity index (χ1) is 5.29. The monoisotopic (exact) mass is 148 g/mol. The Hall–Kier alpha value is -1.56. The molecule has 3 nitrogen and oxygen atoms in total. The lowest BCUT2D eigenvalue weighted by atomic mass is 10.2. The smallest absolute Gasteiger partial charge is 0.217 e. The van der Waals surface area contributed by atoms with Crippen LogP contribution in [0.2, 0.25) is 0 Å². The Kier molecular flexibility index (Phi) is 2.07. The second kappa shape index (κ2) is 3.02. The summed E-state index contributed by atoms with van der Waals surface area (Å²) in [6.45, 7) is 1.81. The van der Waals surface area contributed by atoms with E-state index in [2.05, 4.69) is 4.98 Å². The van der Waals surface area contributed by atoms with Gasteiger partial charge in [0.05, 0.1) is 18.7 Å². The summed E-state index contributed by atoms with van der Waals surface area (Å²) in [5.74, 6) is 0.518. The highest BCUT2D eigenvalue weighted by Gasteiger charge is 2.02. The summed E-state index contributed by atoms with van der Waals surface area (Å²) in [5.41, 5.74) is 1.40. The average Bonchev–Trinajstić information content (AvgIpc) is 2.05. The van der Waals surface area contributed by atoms with Crippen molar-refractivity contribution >= 4 is 0 Å². The third-order valence-electron chi connectivity index (χ3n) is 1.47. The van der Waals surface area contributed by atoms with E-state index in [0.717, 1.165) is 5.56 Å². The quantitative estimate of drug-likeness (QED) is 0.602. The van der Waals surface area contributed by atoms with E-state index in [-0.39, 0.29) is 0 Å². The molecule has 0 amide bonds. The van der Waals surface area contributed by atoms with E-state index in [0.29, 0.717) is 11.4 Å². The minimum atomic E-state index is 0.518. The van der Waals surface area contributed by atoms with Crippen LogP contribution in [0.25, 0.3) is 0 Å². The molecule has 0 unspecified atom stereocenters. The van der Waals surface area contributed by atoms with Gasteiger partial charge in [-0.05, 0) is 13.0 Å². The fraction of sp³-hybridized carbons (Fsp3) is 0.250. The van der Waals surface area contributed by atoms with Crippen molar-refractivity contribution in [2.75, 3.05) is 7.11 Å². The molecule has 1 aromatic heterocycles. The number of hydrogen-bond donors (Lipinski definition) is 0. The van der Waals surface area contributed by atoms with Crippen LogP contribution >= 0.6 is 0 Å². The zero-order valence-electron chi connectivity index (χ0n) is 6.46. The molecule has 1 rings (SSSR count). The summed E-state index contributed by atoms with van der Waals surface area (Å²) in [6.07, 6.45) is 1.56. The number of nitriles is 1. The number of aromatic nitrogens is 1. The molecule has 0 aliphatic carbocycles. The molecule has 0 radical (unpaired) electrons. The Morgan fingerprint density at radius 2 is 2.36 bits per heavy atom. The van der Waals surface area contributed by atoms with Gasteiger partial charge in [-0.15, -0.1) is 0 Å². The van der Waals surface area contributed by atoms with Crippen molar-refractivity contribution in [3.63, 3.8) is 0 Å². The first-order valence-electron chi connectivity index (χ1n) is 3.19. The van der Waals surface area contributed by atoms with Gasteiger partial charge in [-0.1, -0.05) is 0 Å². The fourth-order valence-corrected chi connectivity index (χ4v) is 0.843. The lowest BCUT2D eigenvalue weighted by Crippen LogP contribution is -1.92. The van der Waals surface area contributed by atoms with Gasteiger partial charge in [-0.25, -0.2) is 4.98 Å². The summed E-state index contributed by atoms with van der Waals surface area (Å²) < 4.78 is 4.93. The van der Waals surface area contributed by atoms with E-state index >= 15 is 0 Å². The van der Waals surface area contributed by atoms with E-state index in [1.807, 2.05) is 13.0 Å². The van der Waals surface area contributed by atoms with E-state index in [1.165, 1.54) is 7.11 Å². The van der Waals surface area contributed by atoms with Gasteiger partial charge in [0.1, 0.15) is 0 Å². The summed E-state index contributed by atoms with van der Waals surface area (Å²) in [7, 11) is 1.54. The third kappa shape index (κ3) is 1.30. The minimum Gasteiger partial charge on any atom is -0.481 e. The van der Waals surface area contributed by atoms with Crippen molar-refractivity contribution in [1.29, 1.82) is 5.26 Å². The van der Waals surface area contributed by atoms with Crippen LogP contribution in [-0.4, -0.2) is 12.1 Å². The van der Waals surface area contributed by atoms with Crippen LogP contribution in [-0.2, 0) is 0 Å². The van der Waals surface area contributed by atoms with Crippen LogP contribution in [0.4, 0.5) is 0 Å². The van der Waals surface area contributed by atoms with Gasteiger partial charge in [0.15, 0.2) is 0 Å². The molecule has 0 aliphatic rings. The second-order valence-electron chi connectivity index (χ2n) is 2.10. The summed E-state index contributed by atoms with van der Waals surface area (Å²) >= 11 is 0. The second-order valence-corrected chi connectivity index (χ2v) is 2.10. The van der Waals surface area contributed by atoms with Crippen LogP contribution in [0, 0.1) is 18.3 Å². The highest BCUT2D eigenvalue weighted by Crippen LogP contribution is 2.15. The predicted octanol–water partition coefficient (Wildman–Crippen LogP) is 1.27. The standard InChI is InChI=1S/C8H8N2O/c1-6-7(5-9)3-4-10-8(6)11-2/h3-4H,1-2H3. The van der Waals surface area contributed by atoms with Crippen LogP contribution in [0.5, 0.6) is 5.88 Å². The Morgan fingerprint density at radius 3 is 2.91 bits per heavy atom. The molecule has 0 bridgehead atoms. The highest BCUT2D eigenvalue weighted by atomic mass is 16.5. The van der Waals surface area contributed by atoms with Crippen molar-refractivity contribution in [3.05, 3.63) is 23.4 Å². The molecule has 0 saturated heterocycles. The lowest BCUT2D eigenvalue weighted by Gasteiger charge is -2.02.